The van der Waals surface area contributed by atoms with E-state index in [2.05, 4.69) is 10.2 Å². The summed E-state index contributed by atoms with van der Waals surface area (Å²) in [4.78, 5) is 28.0. The first kappa shape index (κ1) is 18.4. The molecule has 1 atom stereocenters. The number of carbonyl (C=O) groups is 2. The molecular formula is C18H26FN3O2. The Hall–Kier alpha value is -1.95. The maximum Gasteiger partial charge on any atom is 0.225 e. The smallest absolute Gasteiger partial charge is 0.225 e. The molecule has 1 fully saturated rings. The van der Waals surface area contributed by atoms with E-state index in [4.69, 9.17) is 0 Å². The van der Waals surface area contributed by atoms with Crippen LogP contribution < -0.4 is 5.32 Å². The van der Waals surface area contributed by atoms with Crippen molar-refractivity contribution in [2.75, 3.05) is 40.3 Å². The first-order valence-corrected chi connectivity index (χ1v) is 8.41. The van der Waals surface area contributed by atoms with Crippen LogP contribution in [0.2, 0.25) is 0 Å². The summed E-state index contributed by atoms with van der Waals surface area (Å²) >= 11 is 0. The van der Waals surface area contributed by atoms with E-state index in [1.165, 1.54) is 6.07 Å². The van der Waals surface area contributed by atoms with Crippen molar-refractivity contribution < 1.29 is 14.0 Å². The Labute approximate surface area is 142 Å². The highest BCUT2D eigenvalue weighted by molar-refractivity contribution is 5.89. The molecule has 0 spiro atoms. The number of benzene rings is 1. The molecule has 1 aliphatic rings. The predicted octanol–water partition coefficient (Wildman–Crippen LogP) is 1.28. The number of amides is 2. The molecule has 1 aromatic rings. The highest BCUT2D eigenvalue weighted by Gasteiger charge is 2.33. The number of nitrogens with one attached hydrogen (secondary N) is 1. The maximum atomic E-state index is 13.5. The molecule has 24 heavy (non-hydrogen) atoms. The zero-order valence-electron chi connectivity index (χ0n) is 14.4. The van der Waals surface area contributed by atoms with E-state index >= 15 is 0 Å². The molecule has 0 bridgehead atoms. The summed E-state index contributed by atoms with van der Waals surface area (Å²) in [6.45, 7) is 2.47. The average Bonchev–Trinajstić information content (AvgIpc) is 2.90. The van der Waals surface area contributed by atoms with Gasteiger partial charge in [0.15, 0.2) is 0 Å². The fourth-order valence-electron chi connectivity index (χ4n) is 2.91. The molecule has 2 amide bonds. The number of hydrogen-bond donors (Lipinski definition) is 1. The molecule has 0 aromatic heterocycles. The molecular weight excluding hydrogens is 309 g/mol. The third kappa shape index (κ3) is 5.30. The van der Waals surface area contributed by atoms with Crippen LogP contribution >= 0.6 is 0 Å². The molecule has 6 heteroatoms. The van der Waals surface area contributed by atoms with Crippen molar-refractivity contribution in [3.05, 3.63) is 35.6 Å². The first-order valence-electron chi connectivity index (χ1n) is 8.41. The van der Waals surface area contributed by atoms with E-state index in [9.17, 15) is 14.0 Å². The fourth-order valence-corrected chi connectivity index (χ4v) is 2.91. The van der Waals surface area contributed by atoms with Gasteiger partial charge in [-0.3, -0.25) is 9.59 Å². The summed E-state index contributed by atoms with van der Waals surface area (Å²) in [5.74, 6) is -0.620. The third-order valence-corrected chi connectivity index (χ3v) is 4.27. The van der Waals surface area contributed by atoms with Gasteiger partial charge in [-0.15, -0.1) is 0 Å². The predicted molar refractivity (Wildman–Crippen MR) is 91.0 cm³/mol. The van der Waals surface area contributed by atoms with Gasteiger partial charge in [-0.05, 0) is 45.1 Å². The molecule has 1 heterocycles. The summed E-state index contributed by atoms with van der Waals surface area (Å²) in [5.41, 5.74) is 0.589. The van der Waals surface area contributed by atoms with Gasteiger partial charge in [0.05, 0.1) is 5.92 Å². The summed E-state index contributed by atoms with van der Waals surface area (Å²) in [5, 5.41) is 2.82. The van der Waals surface area contributed by atoms with Crippen LogP contribution in [0, 0.1) is 11.7 Å². The van der Waals surface area contributed by atoms with Gasteiger partial charge < -0.3 is 15.1 Å². The fraction of sp³-hybridized carbons (Fsp3) is 0.556. The number of halogens is 1. The summed E-state index contributed by atoms with van der Waals surface area (Å²) in [6.07, 6.45) is 1.62. The van der Waals surface area contributed by atoms with Crippen molar-refractivity contribution >= 4 is 11.8 Å². The molecule has 1 aliphatic heterocycles. The molecule has 0 aliphatic carbocycles. The zero-order chi connectivity index (χ0) is 17.5. The van der Waals surface area contributed by atoms with Gasteiger partial charge in [0.25, 0.3) is 0 Å². The van der Waals surface area contributed by atoms with Gasteiger partial charge >= 0.3 is 0 Å². The van der Waals surface area contributed by atoms with Gasteiger partial charge in [-0.1, -0.05) is 18.2 Å². The van der Waals surface area contributed by atoms with Crippen molar-refractivity contribution in [3.63, 3.8) is 0 Å². The third-order valence-electron chi connectivity index (χ3n) is 4.27. The highest BCUT2D eigenvalue weighted by Crippen LogP contribution is 2.18. The highest BCUT2D eigenvalue weighted by atomic mass is 19.1. The second-order valence-corrected chi connectivity index (χ2v) is 6.53. The van der Waals surface area contributed by atoms with Gasteiger partial charge in [0, 0.05) is 26.1 Å². The monoisotopic (exact) mass is 335 g/mol. The molecule has 5 nitrogen and oxygen atoms in total. The number of nitrogens with zero attached hydrogens (tertiary/aromatic N) is 2. The minimum absolute atomic E-state index is 0.0445. The minimum atomic E-state index is -0.294. The quantitative estimate of drug-likeness (QED) is 0.779. The topological polar surface area (TPSA) is 52.6 Å². The van der Waals surface area contributed by atoms with Crippen molar-refractivity contribution in [1.82, 2.24) is 15.1 Å². The van der Waals surface area contributed by atoms with Crippen LogP contribution in [0.4, 0.5) is 4.39 Å². The van der Waals surface area contributed by atoms with E-state index in [0.717, 1.165) is 13.0 Å². The van der Waals surface area contributed by atoms with E-state index < -0.39 is 0 Å². The SMILES string of the molecule is CN(C)CCCN1CC(C(=O)NCCc2ccccc2F)CC1=O. The molecule has 2 rings (SSSR count). The number of rotatable bonds is 8. The largest absolute Gasteiger partial charge is 0.355 e. The molecule has 1 unspecified atom stereocenters. The van der Waals surface area contributed by atoms with Crippen LogP contribution in [-0.4, -0.2) is 61.9 Å². The zero-order valence-corrected chi connectivity index (χ0v) is 14.4. The molecule has 0 saturated carbocycles. The van der Waals surface area contributed by atoms with Crippen molar-refractivity contribution in [3.8, 4) is 0 Å². The Morgan fingerprint density at radius 1 is 1.38 bits per heavy atom. The Kier molecular flexibility index (Phi) is 6.73. The molecule has 1 N–H and O–H groups in total. The first-order chi connectivity index (χ1) is 11.5. The van der Waals surface area contributed by atoms with Crippen LogP contribution in [0.15, 0.2) is 24.3 Å². The van der Waals surface area contributed by atoms with Gasteiger partial charge in [0.2, 0.25) is 11.8 Å². The lowest BCUT2D eigenvalue weighted by Crippen LogP contribution is -2.34. The molecule has 0 radical (unpaired) electrons. The normalized spacial score (nSPS) is 17.6. The average molecular weight is 335 g/mol. The number of carbonyl (C=O) groups excluding carboxylic acids is 2. The molecule has 1 saturated heterocycles. The van der Waals surface area contributed by atoms with Gasteiger partial charge in [-0.2, -0.15) is 0 Å². The molecule has 1 aromatic carbocycles. The van der Waals surface area contributed by atoms with Crippen LogP contribution in [0.5, 0.6) is 0 Å². The van der Waals surface area contributed by atoms with Crippen LogP contribution in [0.3, 0.4) is 0 Å². The summed E-state index contributed by atoms with van der Waals surface area (Å²) in [7, 11) is 4.00. The van der Waals surface area contributed by atoms with Crippen molar-refractivity contribution in [2.45, 2.75) is 19.3 Å². The molecule has 132 valence electrons. The Balaban J connectivity index is 1.73. The lowest BCUT2D eigenvalue weighted by molar-refractivity contribution is -0.129. The standard InChI is InChI=1S/C18H26FN3O2/c1-21(2)10-5-11-22-13-15(12-17(22)23)18(24)20-9-8-14-6-3-4-7-16(14)19/h3-4,6-7,15H,5,8-13H2,1-2H3,(H,20,24). The van der Waals surface area contributed by atoms with Crippen LogP contribution in [-0.2, 0) is 16.0 Å². The van der Waals surface area contributed by atoms with E-state index in [1.807, 2.05) is 14.1 Å². The summed E-state index contributed by atoms with van der Waals surface area (Å²) in [6, 6.07) is 6.55. The van der Waals surface area contributed by atoms with Gasteiger partial charge in [-0.25, -0.2) is 4.39 Å². The number of likely N-dealkylation sites (tertiary alicyclic amines) is 1. The second kappa shape index (κ2) is 8.78. The van der Waals surface area contributed by atoms with E-state index in [-0.39, 0.29) is 30.0 Å². The Bertz CT molecular complexity index is 577. The second-order valence-electron chi connectivity index (χ2n) is 6.53. The lowest BCUT2D eigenvalue weighted by atomic mass is 10.1. The Morgan fingerprint density at radius 2 is 2.12 bits per heavy atom. The van der Waals surface area contributed by atoms with Crippen molar-refractivity contribution in [1.29, 1.82) is 0 Å². The lowest BCUT2D eigenvalue weighted by Gasteiger charge is -2.18. The maximum absolute atomic E-state index is 13.5. The van der Waals surface area contributed by atoms with Crippen LogP contribution in [0.1, 0.15) is 18.4 Å². The van der Waals surface area contributed by atoms with Crippen LogP contribution in [0.25, 0.3) is 0 Å². The number of hydrogen-bond acceptors (Lipinski definition) is 3. The van der Waals surface area contributed by atoms with Gasteiger partial charge in [0.1, 0.15) is 5.82 Å². The minimum Gasteiger partial charge on any atom is -0.355 e. The van der Waals surface area contributed by atoms with E-state index in [0.29, 0.717) is 31.6 Å². The van der Waals surface area contributed by atoms with Crippen molar-refractivity contribution in [2.24, 2.45) is 5.92 Å². The summed E-state index contributed by atoms with van der Waals surface area (Å²) < 4.78 is 13.5. The van der Waals surface area contributed by atoms with E-state index in [1.54, 1.807) is 23.1 Å². The Morgan fingerprint density at radius 3 is 2.83 bits per heavy atom.